The van der Waals surface area contributed by atoms with Crippen LogP contribution >= 0.6 is 11.6 Å². The third-order valence-electron chi connectivity index (χ3n) is 2.17. The van der Waals surface area contributed by atoms with Gasteiger partial charge < -0.3 is 16.2 Å². The van der Waals surface area contributed by atoms with Gasteiger partial charge in [0.25, 0.3) is 5.91 Å². The molecular weight excluding hydrogens is 244 g/mol. The van der Waals surface area contributed by atoms with Gasteiger partial charge in [0.2, 0.25) is 0 Å². The van der Waals surface area contributed by atoms with Crippen LogP contribution in [0.25, 0.3) is 0 Å². The number of ether oxygens (including phenoxy) is 1. The van der Waals surface area contributed by atoms with Gasteiger partial charge in [-0.2, -0.15) is 0 Å². The van der Waals surface area contributed by atoms with Crippen molar-refractivity contribution in [3.05, 3.63) is 28.8 Å². The Labute approximate surface area is 104 Å². The van der Waals surface area contributed by atoms with Crippen molar-refractivity contribution in [1.82, 2.24) is 0 Å². The Kier molecular flexibility index (Phi) is 4.34. The number of amides is 1. The predicted octanol–water partition coefficient (Wildman–Crippen LogP) is 1.34. The van der Waals surface area contributed by atoms with Gasteiger partial charge in [-0.3, -0.25) is 4.79 Å². The molecule has 0 aromatic heterocycles. The first-order valence-electron chi connectivity index (χ1n) is 5.01. The highest BCUT2D eigenvalue weighted by atomic mass is 35.5. The molecule has 0 aliphatic carbocycles. The van der Waals surface area contributed by atoms with E-state index in [9.17, 15) is 9.59 Å². The second kappa shape index (κ2) is 5.54. The zero-order valence-electron chi connectivity index (χ0n) is 9.27. The highest BCUT2D eigenvalue weighted by molar-refractivity contribution is 6.33. The lowest BCUT2D eigenvalue weighted by Gasteiger charge is -2.12. The first-order chi connectivity index (χ1) is 7.95. The number of carbonyl (C=O) groups excluding carboxylic acids is 2. The van der Waals surface area contributed by atoms with Gasteiger partial charge in [-0.05, 0) is 24.6 Å². The lowest BCUT2D eigenvalue weighted by molar-refractivity contribution is -0.126. The summed E-state index contributed by atoms with van der Waals surface area (Å²) in [5.74, 6) is -1.33. The third-order valence-corrected chi connectivity index (χ3v) is 2.51. The molecule has 92 valence electrons. The van der Waals surface area contributed by atoms with Crippen molar-refractivity contribution in [2.24, 2.45) is 5.73 Å². The number of nitrogens with two attached hydrogens (primary N) is 2. The second-order valence-electron chi connectivity index (χ2n) is 3.44. The van der Waals surface area contributed by atoms with Gasteiger partial charge in [0, 0.05) is 0 Å². The fourth-order valence-corrected chi connectivity index (χ4v) is 1.33. The van der Waals surface area contributed by atoms with Crippen LogP contribution < -0.4 is 11.5 Å². The van der Waals surface area contributed by atoms with Crippen LogP contribution in [0.3, 0.4) is 0 Å². The molecule has 1 aromatic rings. The molecule has 1 rings (SSSR count). The lowest BCUT2D eigenvalue weighted by atomic mass is 10.2. The van der Waals surface area contributed by atoms with E-state index in [-0.39, 0.29) is 11.3 Å². The lowest BCUT2D eigenvalue weighted by Crippen LogP contribution is -2.32. The molecule has 0 bridgehead atoms. The van der Waals surface area contributed by atoms with E-state index < -0.39 is 18.0 Å². The van der Waals surface area contributed by atoms with E-state index in [0.29, 0.717) is 11.4 Å². The SMILES string of the molecule is CCC(OC(=O)c1ccc(Cl)c(N)c1)C(N)=O. The molecule has 17 heavy (non-hydrogen) atoms. The number of halogens is 1. The van der Waals surface area contributed by atoms with Crippen molar-refractivity contribution in [2.45, 2.75) is 19.4 Å². The Hall–Kier alpha value is -1.75. The quantitative estimate of drug-likeness (QED) is 0.628. The summed E-state index contributed by atoms with van der Waals surface area (Å²) in [5, 5.41) is 0.350. The van der Waals surface area contributed by atoms with Crippen LogP contribution in [-0.2, 0) is 9.53 Å². The van der Waals surface area contributed by atoms with Crippen LogP contribution in [0.2, 0.25) is 5.02 Å². The molecule has 0 spiro atoms. The molecule has 0 saturated carbocycles. The van der Waals surface area contributed by atoms with Gasteiger partial charge in [-0.15, -0.1) is 0 Å². The molecule has 5 nitrogen and oxygen atoms in total. The Morgan fingerprint density at radius 2 is 2.12 bits per heavy atom. The molecule has 0 saturated heterocycles. The van der Waals surface area contributed by atoms with Gasteiger partial charge in [0.1, 0.15) is 0 Å². The number of benzene rings is 1. The van der Waals surface area contributed by atoms with Crippen molar-refractivity contribution < 1.29 is 14.3 Å². The number of carbonyl (C=O) groups is 2. The van der Waals surface area contributed by atoms with Crippen LogP contribution in [-0.4, -0.2) is 18.0 Å². The summed E-state index contributed by atoms with van der Waals surface area (Å²) in [4.78, 5) is 22.6. The smallest absolute Gasteiger partial charge is 0.338 e. The minimum absolute atomic E-state index is 0.228. The topological polar surface area (TPSA) is 95.4 Å². The molecule has 0 fully saturated rings. The van der Waals surface area contributed by atoms with Crippen molar-refractivity contribution in [2.75, 3.05) is 5.73 Å². The Morgan fingerprint density at radius 1 is 1.47 bits per heavy atom. The number of nitrogen functional groups attached to an aromatic ring is 1. The summed E-state index contributed by atoms with van der Waals surface area (Å²) >= 11 is 5.72. The van der Waals surface area contributed by atoms with E-state index in [4.69, 9.17) is 27.8 Å². The molecule has 6 heteroatoms. The first-order valence-corrected chi connectivity index (χ1v) is 5.38. The second-order valence-corrected chi connectivity index (χ2v) is 3.85. The Morgan fingerprint density at radius 3 is 2.59 bits per heavy atom. The summed E-state index contributed by atoms with van der Waals surface area (Å²) in [6.07, 6.45) is -0.608. The number of rotatable bonds is 4. The van der Waals surface area contributed by atoms with E-state index in [2.05, 4.69) is 0 Å². The Bertz CT molecular complexity index is 448. The maximum Gasteiger partial charge on any atom is 0.338 e. The largest absolute Gasteiger partial charge is 0.449 e. The third kappa shape index (κ3) is 3.35. The summed E-state index contributed by atoms with van der Waals surface area (Å²) in [6, 6.07) is 4.34. The van der Waals surface area contributed by atoms with Gasteiger partial charge in [0.15, 0.2) is 6.10 Å². The van der Waals surface area contributed by atoms with E-state index >= 15 is 0 Å². The summed E-state index contributed by atoms with van der Waals surface area (Å²) in [5.41, 5.74) is 11.1. The average Bonchev–Trinajstić information content (AvgIpc) is 2.28. The Balaban J connectivity index is 2.82. The van der Waals surface area contributed by atoms with Gasteiger partial charge in [0.05, 0.1) is 16.3 Å². The van der Waals surface area contributed by atoms with Crippen LogP contribution in [0.1, 0.15) is 23.7 Å². The van der Waals surface area contributed by atoms with Crippen molar-refractivity contribution >= 4 is 29.2 Å². The minimum atomic E-state index is -0.931. The van der Waals surface area contributed by atoms with E-state index in [0.717, 1.165) is 0 Å². The molecule has 0 aliphatic heterocycles. The highest BCUT2D eigenvalue weighted by Crippen LogP contribution is 2.20. The van der Waals surface area contributed by atoms with Crippen molar-refractivity contribution in [3.63, 3.8) is 0 Å². The molecule has 0 heterocycles. The zero-order chi connectivity index (χ0) is 13.0. The fraction of sp³-hybridized carbons (Fsp3) is 0.273. The van der Waals surface area contributed by atoms with Gasteiger partial charge in [-0.1, -0.05) is 18.5 Å². The maximum atomic E-state index is 11.7. The molecule has 4 N–H and O–H groups in total. The summed E-state index contributed by atoms with van der Waals surface area (Å²) in [7, 11) is 0. The summed E-state index contributed by atoms with van der Waals surface area (Å²) in [6.45, 7) is 1.69. The zero-order valence-corrected chi connectivity index (χ0v) is 10.0. The monoisotopic (exact) mass is 256 g/mol. The van der Waals surface area contributed by atoms with Crippen molar-refractivity contribution in [3.8, 4) is 0 Å². The number of anilines is 1. The highest BCUT2D eigenvalue weighted by Gasteiger charge is 2.19. The summed E-state index contributed by atoms with van der Waals surface area (Å²) < 4.78 is 4.93. The molecule has 1 amide bonds. The van der Waals surface area contributed by atoms with E-state index in [1.807, 2.05) is 0 Å². The molecule has 1 aromatic carbocycles. The average molecular weight is 257 g/mol. The van der Waals surface area contributed by atoms with Crippen LogP contribution in [0.4, 0.5) is 5.69 Å². The number of hydrogen-bond acceptors (Lipinski definition) is 4. The fourth-order valence-electron chi connectivity index (χ4n) is 1.21. The maximum absolute atomic E-state index is 11.7. The first kappa shape index (κ1) is 13.3. The van der Waals surface area contributed by atoms with Gasteiger partial charge >= 0.3 is 5.97 Å². The van der Waals surface area contributed by atoms with E-state index in [1.165, 1.54) is 18.2 Å². The van der Waals surface area contributed by atoms with Crippen LogP contribution in [0, 0.1) is 0 Å². The molecule has 0 aliphatic rings. The molecular formula is C11H13ClN2O3. The predicted molar refractivity (Wildman–Crippen MR) is 64.6 cm³/mol. The standard InChI is InChI=1S/C11H13ClN2O3/c1-2-9(10(14)15)17-11(16)6-3-4-7(12)8(13)5-6/h3-5,9H,2,13H2,1H3,(H2,14,15). The molecule has 0 radical (unpaired) electrons. The normalized spacial score (nSPS) is 11.9. The number of hydrogen-bond donors (Lipinski definition) is 2. The van der Waals surface area contributed by atoms with E-state index in [1.54, 1.807) is 6.92 Å². The molecule has 1 atom stereocenters. The van der Waals surface area contributed by atoms with Crippen LogP contribution in [0.5, 0.6) is 0 Å². The van der Waals surface area contributed by atoms with Crippen molar-refractivity contribution in [1.29, 1.82) is 0 Å². The number of esters is 1. The van der Waals surface area contributed by atoms with Gasteiger partial charge in [-0.25, -0.2) is 4.79 Å². The number of primary amides is 1. The molecule has 1 unspecified atom stereocenters. The minimum Gasteiger partial charge on any atom is -0.449 e. The van der Waals surface area contributed by atoms with Crippen LogP contribution in [0.15, 0.2) is 18.2 Å².